The molecule has 3 heteroatoms. The van der Waals surface area contributed by atoms with Gasteiger partial charge in [0.25, 0.3) is 0 Å². The quantitative estimate of drug-likeness (QED) is 0.265. The average Bonchev–Trinajstić information content (AvgIpc) is 1.69. The Bertz CT molecular complexity index is 50.9. The standard InChI is InChI=1S/C4H7B3/c1-2-3-4-6-7-5/h2-3H,4H2,1H3. The molecule has 0 heterocycles. The molecule has 0 aliphatic rings. The summed E-state index contributed by atoms with van der Waals surface area (Å²) in [7, 11) is 8.51. The highest BCUT2D eigenvalue weighted by Gasteiger charge is 1.77. The van der Waals surface area contributed by atoms with Gasteiger partial charge in [-0.3, -0.25) is 0 Å². The van der Waals surface area contributed by atoms with Crippen molar-refractivity contribution in [2.45, 2.75) is 13.2 Å². The van der Waals surface area contributed by atoms with Gasteiger partial charge in [0.15, 0.2) is 0 Å². The molecule has 0 rings (SSSR count). The summed E-state index contributed by atoms with van der Waals surface area (Å²) >= 11 is 0. The van der Waals surface area contributed by atoms with E-state index >= 15 is 0 Å². The first-order valence-electron chi connectivity index (χ1n) is 2.39. The van der Waals surface area contributed by atoms with E-state index in [1.165, 1.54) is 0 Å². The van der Waals surface area contributed by atoms with Gasteiger partial charge in [-0.1, -0.05) is 18.5 Å². The summed E-state index contributed by atoms with van der Waals surface area (Å²) in [4.78, 5) is 0. The van der Waals surface area contributed by atoms with Crippen molar-refractivity contribution in [1.29, 1.82) is 0 Å². The molecule has 0 aromatic heterocycles. The van der Waals surface area contributed by atoms with Gasteiger partial charge in [0.2, 0.25) is 0 Å². The van der Waals surface area contributed by atoms with Crippen LogP contribution in [0.25, 0.3) is 0 Å². The monoisotopic (exact) mass is 88.1 g/mol. The molecular formula is C4H7B3. The lowest BCUT2D eigenvalue weighted by Crippen LogP contribution is -1.99. The minimum absolute atomic E-state index is 0.951. The Morgan fingerprint density at radius 3 is 2.86 bits per heavy atom. The second-order valence-electron chi connectivity index (χ2n) is 1.23. The van der Waals surface area contributed by atoms with Crippen LogP contribution in [-0.2, 0) is 0 Å². The molecule has 0 fully saturated rings. The highest BCUT2D eigenvalue weighted by atomic mass is 13.5. The Hall–Kier alpha value is -0.0652. The summed E-state index contributed by atoms with van der Waals surface area (Å²) in [5.74, 6) is 0. The number of hydrogen-bond donors (Lipinski definition) is 0. The zero-order valence-corrected chi connectivity index (χ0v) is 4.59. The average molecular weight is 87.5 g/mol. The summed E-state index contributed by atoms with van der Waals surface area (Å²) in [6.45, 7) is 1.99. The Morgan fingerprint density at radius 2 is 2.43 bits per heavy atom. The molecule has 0 bridgehead atoms. The molecule has 7 heavy (non-hydrogen) atoms. The van der Waals surface area contributed by atoms with Gasteiger partial charge in [-0.05, 0) is 6.92 Å². The normalized spacial score (nSPS) is 9.29. The third kappa shape index (κ3) is 5.93. The third-order valence-corrected chi connectivity index (χ3v) is 0.644. The third-order valence-electron chi connectivity index (χ3n) is 0.644. The molecule has 0 saturated carbocycles. The maximum Gasteiger partial charge on any atom is 0.0595 e. The van der Waals surface area contributed by atoms with Crippen molar-refractivity contribution < 1.29 is 0 Å². The first-order valence-corrected chi connectivity index (χ1v) is 2.39. The van der Waals surface area contributed by atoms with E-state index in [1.807, 2.05) is 26.2 Å². The van der Waals surface area contributed by atoms with Crippen LogP contribution < -0.4 is 0 Å². The van der Waals surface area contributed by atoms with Gasteiger partial charge >= 0.3 is 0 Å². The topological polar surface area (TPSA) is 0 Å². The lowest BCUT2D eigenvalue weighted by molar-refractivity contribution is 1.62. The van der Waals surface area contributed by atoms with Gasteiger partial charge in [0, 0.05) is 14.8 Å². The van der Waals surface area contributed by atoms with Gasteiger partial charge in [0.05, 0.1) is 7.17 Å². The predicted octanol–water partition coefficient (Wildman–Crippen LogP) is 0.388. The molecule has 0 spiro atoms. The van der Waals surface area contributed by atoms with Gasteiger partial charge in [-0.2, -0.15) is 0 Å². The van der Waals surface area contributed by atoms with Crippen molar-refractivity contribution >= 4 is 22.0 Å². The molecule has 32 valence electrons. The van der Waals surface area contributed by atoms with E-state index in [9.17, 15) is 0 Å². The van der Waals surface area contributed by atoms with Crippen LogP contribution in [0.15, 0.2) is 12.2 Å². The van der Waals surface area contributed by atoms with E-state index in [0.717, 1.165) is 6.32 Å². The summed E-state index contributed by atoms with van der Waals surface area (Å²) in [5, 5.41) is 0. The van der Waals surface area contributed by atoms with Crippen molar-refractivity contribution in [1.82, 2.24) is 0 Å². The molecule has 0 amide bonds. The highest BCUT2D eigenvalue weighted by molar-refractivity contribution is 7.23. The zero-order valence-electron chi connectivity index (χ0n) is 4.59. The summed E-state index contributed by atoms with van der Waals surface area (Å²) in [5.41, 5.74) is 0. The molecule has 4 radical (unpaired) electrons. The fourth-order valence-electron chi connectivity index (χ4n) is 0.293. The number of hydrogen-bond acceptors (Lipinski definition) is 0. The fourth-order valence-corrected chi connectivity index (χ4v) is 0.293. The van der Waals surface area contributed by atoms with Crippen LogP contribution in [0.2, 0.25) is 6.32 Å². The van der Waals surface area contributed by atoms with Crippen LogP contribution in [0.3, 0.4) is 0 Å². The van der Waals surface area contributed by atoms with Crippen LogP contribution >= 0.6 is 0 Å². The first-order chi connectivity index (χ1) is 3.41. The molecule has 0 saturated heterocycles. The first kappa shape index (κ1) is 6.93. The Kier molecular flexibility index (Phi) is 5.88. The summed E-state index contributed by atoms with van der Waals surface area (Å²) in [6, 6.07) is 0. The van der Waals surface area contributed by atoms with Gasteiger partial charge in [0.1, 0.15) is 0 Å². The molecule has 0 unspecified atom stereocenters. The predicted molar refractivity (Wildman–Crippen MR) is 36.9 cm³/mol. The Labute approximate surface area is 48.2 Å². The number of rotatable bonds is 3. The Morgan fingerprint density at radius 1 is 1.71 bits per heavy atom. The van der Waals surface area contributed by atoms with E-state index in [4.69, 9.17) is 7.74 Å². The van der Waals surface area contributed by atoms with Crippen LogP contribution in [0.1, 0.15) is 6.92 Å². The van der Waals surface area contributed by atoms with Crippen molar-refractivity contribution in [3.05, 3.63) is 12.2 Å². The minimum atomic E-state index is 0.951. The maximum atomic E-state index is 5.05. The van der Waals surface area contributed by atoms with Crippen LogP contribution in [0.5, 0.6) is 0 Å². The molecule has 0 aromatic rings. The van der Waals surface area contributed by atoms with E-state index in [2.05, 4.69) is 0 Å². The Balaban J connectivity index is 2.69. The maximum absolute atomic E-state index is 5.05. The van der Waals surface area contributed by atoms with Gasteiger partial charge < -0.3 is 0 Å². The van der Waals surface area contributed by atoms with Crippen LogP contribution in [0.4, 0.5) is 0 Å². The van der Waals surface area contributed by atoms with Crippen molar-refractivity contribution in [3.63, 3.8) is 0 Å². The second-order valence-corrected chi connectivity index (χ2v) is 1.23. The van der Waals surface area contributed by atoms with E-state index in [0.29, 0.717) is 0 Å². The summed E-state index contributed by atoms with van der Waals surface area (Å²) in [6.07, 6.45) is 5.00. The lowest BCUT2D eigenvalue weighted by Gasteiger charge is -1.80. The minimum Gasteiger partial charge on any atom is -0.0974 e. The van der Waals surface area contributed by atoms with E-state index < -0.39 is 0 Å². The highest BCUT2D eigenvalue weighted by Crippen LogP contribution is 1.77. The molecule has 0 N–H and O–H groups in total. The largest absolute Gasteiger partial charge is 0.0974 e. The zero-order chi connectivity index (χ0) is 5.54. The molecule has 0 aliphatic carbocycles. The molecule has 0 aromatic carbocycles. The van der Waals surface area contributed by atoms with Crippen molar-refractivity contribution in [2.75, 3.05) is 0 Å². The smallest absolute Gasteiger partial charge is 0.0595 e. The fraction of sp³-hybridized carbons (Fsp3) is 0.500. The van der Waals surface area contributed by atoms with Crippen LogP contribution in [-0.4, -0.2) is 22.0 Å². The molecule has 0 aliphatic heterocycles. The molecule has 0 atom stereocenters. The number of allylic oxidation sites excluding steroid dienone is 2. The lowest BCUT2D eigenvalue weighted by atomic mass is 9.27. The van der Waals surface area contributed by atoms with Crippen molar-refractivity contribution in [3.8, 4) is 0 Å². The summed E-state index contributed by atoms with van der Waals surface area (Å²) < 4.78 is 0. The molecular weight excluding hydrogens is 80.5 g/mol. The van der Waals surface area contributed by atoms with Gasteiger partial charge in [-0.15, -0.1) is 0 Å². The SMILES string of the molecule is [B][B][B]CC=CC. The van der Waals surface area contributed by atoms with Crippen molar-refractivity contribution in [2.24, 2.45) is 0 Å². The van der Waals surface area contributed by atoms with Crippen LogP contribution in [0, 0.1) is 0 Å². The van der Waals surface area contributed by atoms with Gasteiger partial charge in [-0.25, -0.2) is 0 Å². The van der Waals surface area contributed by atoms with E-state index in [-0.39, 0.29) is 0 Å². The molecule has 0 nitrogen and oxygen atoms in total. The second kappa shape index (κ2) is 5.93. The van der Waals surface area contributed by atoms with E-state index in [1.54, 1.807) is 7.06 Å².